The van der Waals surface area contributed by atoms with Crippen LogP contribution in [-0.4, -0.2) is 57.0 Å². The van der Waals surface area contributed by atoms with Crippen molar-refractivity contribution in [1.82, 2.24) is 19.7 Å². The summed E-state index contributed by atoms with van der Waals surface area (Å²) in [6.07, 6.45) is 0.842. The average molecular weight is 618 g/mol. The van der Waals surface area contributed by atoms with Crippen LogP contribution in [0.5, 0.6) is 0 Å². The van der Waals surface area contributed by atoms with Crippen molar-refractivity contribution in [1.29, 1.82) is 0 Å². The fourth-order valence-electron chi connectivity index (χ4n) is 5.51. The number of rotatable bonds is 8. The first-order valence-electron chi connectivity index (χ1n) is 14.2. The third-order valence-electron chi connectivity index (χ3n) is 7.65. The molecule has 1 aromatic carbocycles. The van der Waals surface area contributed by atoms with Gasteiger partial charge in [-0.3, -0.25) is 9.69 Å². The minimum absolute atomic E-state index is 0.0161. The number of carbonyl (C=O) groups excluding carboxylic acids is 2. The lowest BCUT2D eigenvalue weighted by Crippen LogP contribution is -2.51. The Balaban J connectivity index is 1.55. The van der Waals surface area contributed by atoms with Crippen LogP contribution in [-0.2, 0) is 27.2 Å². The zero-order valence-corrected chi connectivity index (χ0v) is 26.1. The molecule has 0 radical (unpaired) electrons. The van der Waals surface area contributed by atoms with E-state index < -0.39 is 34.7 Å². The number of nitrogens with zero attached hydrogens (tertiary/aromatic N) is 4. The molecule has 0 spiro atoms. The average Bonchev–Trinajstić information content (AvgIpc) is 3.32. The summed E-state index contributed by atoms with van der Waals surface area (Å²) in [6.45, 7) is 9.81. The lowest BCUT2D eigenvalue weighted by atomic mass is 9.71. The Labute approximate surface area is 255 Å². The molecule has 1 N–H and O–H groups in total. The molecule has 1 fully saturated rings. The third-order valence-corrected chi connectivity index (χ3v) is 7.94. The van der Waals surface area contributed by atoms with Gasteiger partial charge in [0.15, 0.2) is 5.82 Å². The number of carbonyl (C=O) groups is 2. The van der Waals surface area contributed by atoms with Crippen LogP contribution in [0.25, 0.3) is 0 Å². The predicted molar refractivity (Wildman–Crippen MR) is 159 cm³/mol. The van der Waals surface area contributed by atoms with Crippen LogP contribution in [0.2, 0.25) is 5.02 Å². The van der Waals surface area contributed by atoms with E-state index in [9.17, 15) is 14.0 Å². The van der Waals surface area contributed by atoms with Gasteiger partial charge in [-0.25, -0.2) is 18.6 Å². The highest BCUT2D eigenvalue weighted by molar-refractivity contribution is 6.30. The molecule has 9 nitrogen and oxygen atoms in total. The first-order valence-corrected chi connectivity index (χ1v) is 14.6. The third kappa shape index (κ3) is 7.51. The summed E-state index contributed by atoms with van der Waals surface area (Å²) < 4.78 is 41.6. The molecule has 0 saturated carbocycles. The van der Waals surface area contributed by atoms with Gasteiger partial charge in [0.2, 0.25) is 0 Å². The normalized spacial score (nSPS) is 19.2. The van der Waals surface area contributed by atoms with Crippen molar-refractivity contribution >= 4 is 35.3 Å². The van der Waals surface area contributed by atoms with E-state index in [2.05, 4.69) is 20.3 Å². The minimum atomic E-state index is -1.03. The van der Waals surface area contributed by atoms with Crippen molar-refractivity contribution < 1.29 is 27.8 Å². The highest BCUT2D eigenvalue weighted by Gasteiger charge is 2.46. The predicted octanol–water partition coefficient (Wildman–Crippen LogP) is 6.82. The van der Waals surface area contributed by atoms with Crippen molar-refractivity contribution in [3.63, 3.8) is 0 Å². The number of nitrogens with one attached hydrogen (secondary N) is 1. The quantitative estimate of drug-likeness (QED) is 0.275. The van der Waals surface area contributed by atoms with Gasteiger partial charge < -0.3 is 14.8 Å². The second-order valence-corrected chi connectivity index (χ2v) is 12.4. The van der Waals surface area contributed by atoms with E-state index in [1.807, 2.05) is 6.92 Å². The van der Waals surface area contributed by atoms with Crippen LogP contribution in [0.3, 0.4) is 0 Å². The van der Waals surface area contributed by atoms with Crippen molar-refractivity contribution in [3.05, 3.63) is 70.0 Å². The summed E-state index contributed by atoms with van der Waals surface area (Å²) in [7, 11) is 1.32. The summed E-state index contributed by atoms with van der Waals surface area (Å²) >= 11 is 5.99. The molecule has 2 aromatic heterocycles. The molecule has 3 heterocycles. The Kier molecular flexibility index (Phi) is 9.76. The lowest BCUT2D eigenvalue weighted by Gasteiger charge is -2.45. The number of hydrogen-bond acceptors (Lipinski definition) is 8. The monoisotopic (exact) mass is 617 g/mol. The highest BCUT2D eigenvalue weighted by atomic mass is 35.5. The van der Waals surface area contributed by atoms with Crippen molar-refractivity contribution in [2.75, 3.05) is 19.0 Å². The van der Waals surface area contributed by atoms with Gasteiger partial charge in [0.05, 0.1) is 23.2 Å². The molecule has 2 unspecified atom stereocenters. The number of aromatic nitrogens is 3. The number of piperidine rings is 1. The second-order valence-electron chi connectivity index (χ2n) is 12.0. The lowest BCUT2D eigenvalue weighted by molar-refractivity contribution is -0.157. The van der Waals surface area contributed by atoms with Gasteiger partial charge in [-0.05, 0) is 71.7 Å². The molecule has 2 atom stereocenters. The van der Waals surface area contributed by atoms with Crippen LogP contribution in [0.4, 0.5) is 25.2 Å². The molecule has 4 rings (SSSR count). The van der Waals surface area contributed by atoms with Gasteiger partial charge in [-0.1, -0.05) is 30.7 Å². The van der Waals surface area contributed by atoms with E-state index in [0.29, 0.717) is 55.2 Å². The summed E-state index contributed by atoms with van der Waals surface area (Å²) in [4.78, 5) is 32.4. The molecular weight excluding hydrogens is 580 g/mol. The summed E-state index contributed by atoms with van der Waals surface area (Å²) in [5.41, 5.74) is -0.598. The van der Waals surface area contributed by atoms with E-state index >= 15 is 4.39 Å². The van der Waals surface area contributed by atoms with Crippen LogP contribution < -0.4 is 5.32 Å². The molecule has 43 heavy (non-hydrogen) atoms. The first kappa shape index (κ1) is 32.3. The number of pyridine rings is 1. The largest absolute Gasteiger partial charge is 0.469 e. The van der Waals surface area contributed by atoms with Crippen LogP contribution in [0.15, 0.2) is 36.4 Å². The minimum Gasteiger partial charge on any atom is -0.469 e. The molecule has 3 aromatic rings. The van der Waals surface area contributed by atoms with Gasteiger partial charge in [-0.2, -0.15) is 4.68 Å². The smallest absolute Gasteiger partial charge is 0.435 e. The Morgan fingerprint density at radius 2 is 1.93 bits per heavy atom. The number of esters is 1. The molecule has 0 amide bonds. The number of aryl methyl sites for hydroxylation is 1. The van der Waals surface area contributed by atoms with Crippen molar-refractivity contribution in [2.24, 2.45) is 5.41 Å². The van der Waals surface area contributed by atoms with Gasteiger partial charge >= 0.3 is 12.1 Å². The number of hydrogen-bond donors (Lipinski definition) is 1. The molecule has 0 aliphatic carbocycles. The molecule has 1 saturated heterocycles. The maximum atomic E-state index is 15.2. The molecule has 12 heteroatoms. The van der Waals surface area contributed by atoms with Gasteiger partial charge in [0.1, 0.15) is 23.1 Å². The first-order chi connectivity index (χ1) is 20.2. The Bertz CT molecular complexity index is 1490. The zero-order chi connectivity index (χ0) is 31.5. The van der Waals surface area contributed by atoms with Crippen LogP contribution in [0, 0.1) is 24.0 Å². The van der Waals surface area contributed by atoms with E-state index in [0.717, 1.165) is 4.68 Å². The number of likely N-dealkylation sites (tertiary alicyclic amines) is 1. The molecule has 1 aliphatic rings. The summed E-state index contributed by atoms with van der Waals surface area (Å²) in [6, 6.07) is 9.22. The number of benzene rings is 1. The molecule has 232 valence electrons. The number of methoxy groups -OCH3 is 1. The van der Waals surface area contributed by atoms with E-state index in [1.54, 1.807) is 45.9 Å². The molecular formula is C31H38ClF2N5O4. The summed E-state index contributed by atoms with van der Waals surface area (Å²) in [5, 5.41) is 7.35. The fraction of sp³-hybridized carbons (Fsp3) is 0.484. The SMILES string of the molecule is CCC1CC(Cc2nc(Nc3cc(C)n(C(=O)OC(C)(C)C)n3)ccc2F)(C(=O)OC)CCN1Cc1cccc(Cl)c1F. The zero-order valence-electron chi connectivity index (χ0n) is 25.3. The molecule has 1 aliphatic heterocycles. The van der Waals surface area contributed by atoms with E-state index in [-0.39, 0.29) is 23.2 Å². The maximum absolute atomic E-state index is 15.2. The topological polar surface area (TPSA) is 98.6 Å². The van der Waals surface area contributed by atoms with Crippen molar-refractivity contribution in [3.8, 4) is 0 Å². The molecule has 0 bridgehead atoms. The Hall–Kier alpha value is -3.57. The second kappa shape index (κ2) is 13.0. The van der Waals surface area contributed by atoms with Gasteiger partial charge in [-0.15, -0.1) is 5.10 Å². The number of halogens is 3. The maximum Gasteiger partial charge on any atom is 0.435 e. The Morgan fingerprint density at radius 3 is 2.60 bits per heavy atom. The number of anilines is 2. The standard InChI is InChI=1S/C31H38ClF2N5O4/c1-7-21-16-31(28(40)42-6,13-14-38(21)18-20-9-8-10-22(32)27(20)34)17-24-23(33)11-12-25(35-24)36-26-15-19(2)39(37-26)29(41)43-30(3,4)5/h8-12,15,21H,7,13-14,16-18H2,1-6H3,(H,35,36,37). The van der Waals surface area contributed by atoms with Crippen molar-refractivity contribution in [2.45, 2.75) is 78.5 Å². The van der Waals surface area contributed by atoms with E-state index in [4.69, 9.17) is 21.1 Å². The fourth-order valence-corrected chi connectivity index (χ4v) is 5.71. The Morgan fingerprint density at radius 1 is 1.19 bits per heavy atom. The number of ether oxygens (including phenoxy) is 2. The highest BCUT2D eigenvalue weighted by Crippen LogP contribution is 2.41. The van der Waals surface area contributed by atoms with Crippen LogP contribution in [0.1, 0.15) is 63.9 Å². The van der Waals surface area contributed by atoms with Gasteiger partial charge in [0.25, 0.3) is 0 Å². The van der Waals surface area contributed by atoms with Gasteiger partial charge in [0, 0.05) is 36.3 Å². The summed E-state index contributed by atoms with van der Waals surface area (Å²) in [5.74, 6) is -0.827. The van der Waals surface area contributed by atoms with E-state index in [1.165, 1.54) is 25.3 Å². The van der Waals surface area contributed by atoms with Crippen LogP contribution >= 0.6 is 11.6 Å².